The van der Waals surface area contributed by atoms with Crippen molar-refractivity contribution in [1.82, 2.24) is 19.5 Å². The molecule has 7 aromatic carbocycles. The van der Waals surface area contributed by atoms with Gasteiger partial charge in [-0.3, -0.25) is 0 Å². The fourth-order valence-corrected chi connectivity index (χ4v) is 7.52. The van der Waals surface area contributed by atoms with Gasteiger partial charge < -0.3 is 4.57 Å². The van der Waals surface area contributed by atoms with Gasteiger partial charge in [0.25, 0.3) is 0 Å². The minimum atomic E-state index is 0.693. The zero-order chi connectivity index (χ0) is 33.7. The van der Waals surface area contributed by atoms with E-state index in [4.69, 9.17) is 15.0 Å². The normalized spacial score (nSPS) is 11.5. The number of para-hydroxylation sites is 3. The van der Waals surface area contributed by atoms with Crippen LogP contribution in [0.25, 0.3) is 94.3 Å². The third-order valence-electron chi connectivity index (χ3n) is 9.78. The van der Waals surface area contributed by atoms with E-state index in [1.807, 2.05) is 24.3 Å². The molecule has 0 saturated carbocycles. The highest BCUT2D eigenvalue weighted by atomic mass is 15.0. The van der Waals surface area contributed by atoms with Crippen LogP contribution in [0.2, 0.25) is 0 Å². The second-order valence-corrected chi connectivity index (χ2v) is 12.8. The quantitative estimate of drug-likeness (QED) is 0.174. The summed E-state index contributed by atoms with van der Waals surface area (Å²) in [6, 6.07) is 63.6. The van der Waals surface area contributed by atoms with E-state index < -0.39 is 0 Å². The van der Waals surface area contributed by atoms with Crippen molar-refractivity contribution in [2.45, 2.75) is 0 Å². The molecule has 0 N–H and O–H groups in total. The van der Waals surface area contributed by atoms with Gasteiger partial charge in [-0.2, -0.15) is 0 Å². The number of aromatic nitrogens is 4. The average Bonchev–Trinajstić information content (AvgIpc) is 3.56. The van der Waals surface area contributed by atoms with E-state index in [0.29, 0.717) is 5.82 Å². The fourth-order valence-electron chi connectivity index (χ4n) is 7.52. The predicted molar refractivity (Wildman–Crippen MR) is 211 cm³/mol. The molecule has 0 amide bonds. The number of hydrogen-bond acceptors (Lipinski definition) is 3. The van der Waals surface area contributed by atoms with Gasteiger partial charge in [-0.05, 0) is 35.7 Å². The van der Waals surface area contributed by atoms with Crippen LogP contribution < -0.4 is 0 Å². The van der Waals surface area contributed by atoms with Gasteiger partial charge in [-0.25, -0.2) is 15.0 Å². The average molecular weight is 651 g/mol. The molecular formula is C47H30N4. The van der Waals surface area contributed by atoms with Crippen LogP contribution in [0, 0.1) is 0 Å². The van der Waals surface area contributed by atoms with Crippen LogP contribution in [0.4, 0.5) is 0 Å². The predicted octanol–water partition coefficient (Wildman–Crippen LogP) is 11.9. The summed E-state index contributed by atoms with van der Waals surface area (Å²) in [5.74, 6) is 0.693. The first-order valence-electron chi connectivity index (χ1n) is 17.2. The number of pyridine rings is 1. The molecule has 3 heterocycles. The highest BCUT2D eigenvalue weighted by molar-refractivity contribution is 6.29. The summed E-state index contributed by atoms with van der Waals surface area (Å²) in [5, 5.41) is 5.79. The lowest BCUT2D eigenvalue weighted by atomic mass is 9.95. The van der Waals surface area contributed by atoms with Crippen molar-refractivity contribution in [3.05, 3.63) is 182 Å². The molecule has 3 aromatic heterocycles. The number of benzene rings is 7. The van der Waals surface area contributed by atoms with Crippen LogP contribution in [0.1, 0.15) is 0 Å². The number of rotatable bonds is 5. The minimum Gasteiger partial charge on any atom is -0.309 e. The van der Waals surface area contributed by atoms with E-state index in [9.17, 15) is 0 Å². The van der Waals surface area contributed by atoms with Gasteiger partial charge in [-0.15, -0.1) is 0 Å². The first kappa shape index (κ1) is 29.0. The standard InChI is InChI=1S/C47H30N4/c1-5-16-31(17-6-1)40-30-41(50-47(49-40)33-20-9-3-10-21-33)37-25-15-26-38-43-42(51(46(37)38)34-22-11-4-12-23-34)29-28-36-35-24-13-14-27-39(35)48-45(44(36)43)32-18-7-2-8-19-32/h1-30H. The summed E-state index contributed by atoms with van der Waals surface area (Å²) in [7, 11) is 0. The Morgan fingerprint density at radius 2 is 1.00 bits per heavy atom. The third-order valence-corrected chi connectivity index (χ3v) is 9.78. The molecule has 4 heteroatoms. The Labute approximate surface area is 295 Å². The van der Waals surface area contributed by atoms with Crippen molar-refractivity contribution < 1.29 is 0 Å². The molecule has 0 atom stereocenters. The van der Waals surface area contributed by atoms with Crippen molar-refractivity contribution in [2.75, 3.05) is 0 Å². The molecule has 0 saturated heterocycles. The molecule has 51 heavy (non-hydrogen) atoms. The van der Waals surface area contributed by atoms with E-state index in [1.165, 1.54) is 10.8 Å². The Morgan fingerprint density at radius 3 is 1.75 bits per heavy atom. The molecule has 10 rings (SSSR count). The van der Waals surface area contributed by atoms with Crippen LogP contribution in [-0.2, 0) is 0 Å². The van der Waals surface area contributed by atoms with Gasteiger partial charge in [0.2, 0.25) is 0 Å². The first-order valence-corrected chi connectivity index (χ1v) is 17.2. The van der Waals surface area contributed by atoms with E-state index in [0.717, 1.165) is 77.7 Å². The van der Waals surface area contributed by atoms with Gasteiger partial charge >= 0.3 is 0 Å². The molecule has 238 valence electrons. The third kappa shape index (κ3) is 4.80. The largest absolute Gasteiger partial charge is 0.309 e. The topological polar surface area (TPSA) is 43.6 Å². The first-order chi connectivity index (χ1) is 25.3. The van der Waals surface area contributed by atoms with Crippen LogP contribution in [0.5, 0.6) is 0 Å². The summed E-state index contributed by atoms with van der Waals surface area (Å²) in [4.78, 5) is 15.7. The van der Waals surface area contributed by atoms with Crippen molar-refractivity contribution >= 4 is 43.5 Å². The Morgan fingerprint density at radius 1 is 0.392 bits per heavy atom. The molecule has 0 bridgehead atoms. The molecule has 0 aliphatic heterocycles. The zero-order valence-corrected chi connectivity index (χ0v) is 27.6. The molecule has 0 radical (unpaired) electrons. The smallest absolute Gasteiger partial charge is 0.160 e. The SMILES string of the molecule is c1ccc(-c2cc(-c3cccc4c5c6c(-c7ccccc7)nc7ccccc7c6ccc5n(-c5ccccc5)c34)nc(-c3ccccc3)n2)cc1. The minimum absolute atomic E-state index is 0.693. The van der Waals surface area contributed by atoms with Crippen LogP contribution in [-0.4, -0.2) is 19.5 Å². The van der Waals surface area contributed by atoms with Crippen LogP contribution in [0.3, 0.4) is 0 Å². The van der Waals surface area contributed by atoms with Gasteiger partial charge in [0, 0.05) is 49.5 Å². The highest BCUT2D eigenvalue weighted by Gasteiger charge is 2.23. The summed E-state index contributed by atoms with van der Waals surface area (Å²) in [6.45, 7) is 0. The Balaban J connectivity index is 1.37. The lowest BCUT2D eigenvalue weighted by Crippen LogP contribution is -1.99. The molecule has 0 unspecified atom stereocenters. The second kappa shape index (κ2) is 11.9. The molecule has 4 nitrogen and oxygen atoms in total. The molecule has 0 spiro atoms. The van der Waals surface area contributed by atoms with Crippen molar-refractivity contribution in [2.24, 2.45) is 0 Å². The van der Waals surface area contributed by atoms with Gasteiger partial charge in [0.05, 0.1) is 33.6 Å². The summed E-state index contributed by atoms with van der Waals surface area (Å²) in [5.41, 5.74) is 11.2. The zero-order valence-electron chi connectivity index (χ0n) is 27.6. The van der Waals surface area contributed by atoms with Crippen LogP contribution in [0.15, 0.2) is 182 Å². The fraction of sp³-hybridized carbons (Fsp3) is 0. The maximum absolute atomic E-state index is 5.35. The van der Waals surface area contributed by atoms with Crippen molar-refractivity contribution in [3.63, 3.8) is 0 Å². The highest BCUT2D eigenvalue weighted by Crippen LogP contribution is 2.45. The van der Waals surface area contributed by atoms with E-state index in [-0.39, 0.29) is 0 Å². The Kier molecular flexibility index (Phi) is 6.78. The summed E-state index contributed by atoms with van der Waals surface area (Å²) >= 11 is 0. The molecular weight excluding hydrogens is 621 g/mol. The van der Waals surface area contributed by atoms with E-state index in [2.05, 4.69) is 162 Å². The second-order valence-electron chi connectivity index (χ2n) is 12.8. The van der Waals surface area contributed by atoms with Crippen LogP contribution >= 0.6 is 0 Å². The lowest BCUT2D eigenvalue weighted by Gasteiger charge is -2.13. The Bertz CT molecular complexity index is 2820. The van der Waals surface area contributed by atoms with Crippen molar-refractivity contribution in [3.8, 4) is 50.8 Å². The van der Waals surface area contributed by atoms with Crippen molar-refractivity contribution in [1.29, 1.82) is 0 Å². The lowest BCUT2D eigenvalue weighted by molar-refractivity contribution is 1.16. The monoisotopic (exact) mass is 650 g/mol. The van der Waals surface area contributed by atoms with E-state index >= 15 is 0 Å². The molecule has 10 aromatic rings. The summed E-state index contributed by atoms with van der Waals surface area (Å²) < 4.78 is 2.40. The molecule has 0 fully saturated rings. The molecule has 0 aliphatic carbocycles. The van der Waals surface area contributed by atoms with Gasteiger partial charge in [0.1, 0.15) is 0 Å². The number of hydrogen-bond donors (Lipinski definition) is 0. The molecule has 0 aliphatic rings. The maximum Gasteiger partial charge on any atom is 0.160 e. The summed E-state index contributed by atoms with van der Waals surface area (Å²) in [6.07, 6.45) is 0. The maximum atomic E-state index is 5.35. The van der Waals surface area contributed by atoms with E-state index in [1.54, 1.807) is 0 Å². The number of nitrogens with zero attached hydrogens (tertiary/aromatic N) is 4. The number of fused-ring (bicyclic) bond motifs is 7. The van der Waals surface area contributed by atoms with Gasteiger partial charge in [-0.1, -0.05) is 152 Å². The Hall–Kier alpha value is -6.91. The van der Waals surface area contributed by atoms with Gasteiger partial charge in [0.15, 0.2) is 5.82 Å².